The van der Waals surface area contributed by atoms with Crippen molar-refractivity contribution < 1.29 is 9.21 Å². The largest absolute Gasteiger partial charge is 0.419 e. The van der Waals surface area contributed by atoms with E-state index in [1.807, 2.05) is 67.8 Å². The number of aromatic nitrogens is 3. The smallest absolute Gasteiger partial charge is 0.264 e. The number of amides is 1. The van der Waals surface area contributed by atoms with Crippen molar-refractivity contribution in [3.05, 3.63) is 65.5 Å². The lowest BCUT2D eigenvalue weighted by atomic mass is 10.1. The second kappa shape index (κ2) is 7.31. The fourth-order valence-electron chi connectivity index (χ4n) is 3.35. The van der Waals surface area contributed by atoms with E-state index >= 15 is 0 Å². The molecule has 4 rings (SSSR count). The van der Waals surface area contributed by atoms with Gasteiger partial charge in [0.1, 0.15) is 12.2 Å². The number of para-hydroxylation sites is 1. The molecule has 2 heterocycles. The third-order valence-corrected chi connectivity index (χ3v) is 4.76. The Bertz CT molecular complexity index is 1160. The summed E-state index contributed by atoms with van der Waals surface area (Å²) in [6.45, 7) is 6.14. The standard InChI is InChI=1S/C22H22N4O2/c1-4-21-24-25-22(28-21)19-12-16-7-5-6-8-18(16)26(19)13-20(27)23-17-10-9-14(2)11-15(17)3/h5-12H,4,13H2,1-3H3,(H,23,27). The highest BCUT2D eigenvalue weighted by Crippen LogP contribution is 2.28. The number of carbonyl (C=O) groups excluding carboxylic acids is 1. The van der Waals surface area contributed by atoms with Crippen molar-refractivity contribution >= 4 is 22.5 Å². The molecule has 4 aromatic rings. The molecule has 0 saturated heterocycles. The van der Waals surface area contributed by atoms with Crippen molar-refractivity contribution in [3.63, 3.8) is 0 Å². The summed E-state index contributed by atoms with van der Waals surface area (Å²) in [5.74, 6) is 0.892. The van der Waals surface area contributed by atoms with Crippen LogP contribution in [-0.4, -0.2) is 20.7 Å². The van der Waals surface area contributed by atoms with Gasteiger partial charge in [0.15, 0.2) is 0 Å². The van der Waals surface area contributed by atoms with Crippen molar-refractivity contribution in [3.8, 4) is 11.6 Å². The number of hydrogen-bond acceptors (Lipinski definition) is 4. The van der Waals surface area contributed by atoms with E-state index in [4.69, 9.17) is 4.42 Å². The van der Waals surface area contributed by atoms with Crippen LogP contribution >= 0.6 is 0 Å². The van der Waals surface area contributed by atoms with Crippen LogP contribution in [0.4, 0.5) is 5.69 Å². The van der Waals surface area contributed by atoms with Crippen LogP contribution in [0.2, 0.25) is 0 Å². The van der Waals surface area contributed by atoms with Gasteiger partial charge in [-0.25, -0.2) is 0 Å². The monoisotopic (exact) mass is 374 g/mol. The molecule has 0 spiro atoms. The zero-order valence-corrected chi connectivity index (χ0v) is 16.2. The molecule has 2 aromatic carbocycles. The first-order valence-electron chi connectivity index (χ1n) is 9.33. The average Bonchev–Trinajstić information content (AvgIpc) is 3.29. The van der Waals surface area contributed by atoms with E-state index in [1.165, 1.54) is 0 Å². The molecule has 142 valence electrons. The molecule has 0 radical (unpaired) electrons. The molecule has 1 amide bonds. The van der Waals surface area contributed by atoms with Gasteiger partial charge in [0.2, 0.25) is 11.8 Å². The average molecular weight is 374 g/mol. The molecule has 0 unspecified atom stereocenters. The van der Waals surface area contributed by atoms with Crippen LogP contribution in [0.1, 0.15) is 23.9 Å². The summed E-state index contributed by atoms with van der Waals surface area (Å²) < 4.78 is 7.66. The Balaban J connectivity index is 1.68. The maximum atomic E-state index is 12.8. The van der Waals surface area contributed by atoms with Crippen LogP contribution < -0.4 is 5.32 Å². The number of anilines is 1. The van der Waals surface area contributed by atoms with Crippen LogP contribution in [0, 0.1) is 13.8 Å². The van der Waals surface area contributed by atoms with E-state index in [2.05, 4.69) is 21.6 Å². The number of carbonyl (C=O) groups is 1. The first-order valence-corrected chi connectivity index (χ1v) is 9.33. The number of nitrogens with one attached hydrogen (secondary N) is 1. The van der Waals surface area contributed by atoms with Crippen LogP contribution in [0.15, 0.2) is 52.9 Å². The molecule has 2 aromatic heterocycles. The summed E-state index contributed by atoms with van der Waals surface area (Å²) in [6.07, 6.45) is 0.667. The predicted molar refractivity (Wildman–Crippen MR) is 109 cm³/mol. The molecule has 6 heteroatoms. The molecule has 0 fully saturated rings. The Labute approximate surface area is 163 Å². The van der Waals surface area contributed by atoms with E-state index in [-0.39, 0.29) is 12.5 Å². The van der Waals surface area contributed by atoms with E-state index < -0.39 is 0 Å². The Kier molecular flexibility index (Phi) is 4.69. The van der Waals surface area contributed by atoms with E-state index in [0.717, 1.165) is 33.4 Å². The second-order valence-electron chi connectivity index (χ2n) is 6.90. The Morgan fingerprint density at radius 2 is 1.93 bits per heavy atom. The predicted octanol–water partition coefficient (Wildman–Crippen LogP) is 4.51. The molecule has 28 heavy (non-hydrogen) atoms. The molecule has 0 bridgehead atoms. The topological polar surface area (TPSA) is 73.0 Å². The van der Waals surface area contributed by atoms with Gasteiger partial charge in [-0.2, -0.15) is 0 Å². The van der Waals surface area contributed by atoms with Crippen LogP contribution in [-0.2, 0) is 17.8 Å². The van der Waals surface area contributed by atoms with Gasteiger partial charge in [0.25, 0.3) is 5.89 Å². The van der Waals surface area contributed by atoms with E-state index in [1.54, 1.807) is 0 Å². The summed E-state index contributed by atoms with van der Waals surface area (Å²) in [4.78, 5) is 12.8. The SMILES string of the molecule is CCc1nnc(-c2cc3ccccc3n2CC(=O)Nc2ccc(C)cc2C)o1. The molecule has 0 atom stereocenters. The number of benzene rings is 2. The van der Waals surface area contributed by atoms with E-state index in [9.17, 15) is 4.79 Å². The summed E-state index contributed by atoms with van der Waals surface area (Å²) in [7, 11) is 0. The van der Waals surface area contributed by atoms with Crippen LogP contribution in [0.3, 0.4) is 0 Å². The van der Waals surface area contributed by atoms with Crippen LogP contribution in [0.5, 0.6) is 0 Å². The van der Waals surface area contributed by atoms with Gasteiger partial charge in [-0.15, -0.1) is 10.2 Å². The number of rotatable bonds is 5. The fraction of sp³-hybridized carbons (Fsp3) is 0.227. The number of nitrogens with zero attached hydrogens (tertiary/aromatic N) is 3. The van der Waals surface area contributed by atoms with Crippen molar-refractivity contribution in [2.45, 2.75) is 33.7 Å². The quantitative estimate of drug-likeness (QED) is 0.558. The number of fused-ring (bicyclic) bond motifs is 1. The van der Waals surface area contributed by atoms with Crippen molar-refractivity contribution in [2.24, 2.45) is 0 Å². The van der Waals surface area contributed by atoms with Crippen molar-refractivity contribution in [1.29, 1.82) is 0 Å². The molecule has 6 nitrogen and oxygen atoms in total. The Hall–Kier alpha value is -3.41. The minimum Gasteiger partial charge on any atom is -0.419 e. The Morgan fingerprint density at radius 3 is 2.68 bits per heavy atom. The maximum absolute atomic E-state index is 12.8. The maximum Gasteiger partial charge on any atom is 0.264 e. The first kappa shape index (κ1) is 18.0. The molecule has 0 aliphatic rings. The number of hydrogen-bond donors (Lipinski definition) is 1. The lowest BCUT2D eigenvalue weighted by Gasteiger charge is -2.12. The molecular weight excluding hydrogens is 352 g/mol. The van der Waals surface area contributed by atoms with Gasteiger partial charge in [0, 0.05) is 23.0 Å². The third kappa shape index (κ3) is 3.41. The molecule has 0 aliphatic carbocycles. The van der Waals surface area contributed by atoms with Gasteiger partial charge < -0.3 is 14.3 Å². The summed E-state index contributed by atoms with van der Waals surface area (Å²) in [5.41, 5.74) is 4.71. The lowest BCUT2D eigenvalue weighted by Crippen LogP contribution is -2.19. The summed E-state index contributed by atoms with van der Waals surface area (Å²) in [5, 5.41) is 12.2. The number of aryl methyl sites for hydroxylation is 3. The normalized spacial score (nSPS) is 11.1. The molecule has 1 N–H and O–H groups in total. The first-order chi connectivity index (χ1) is 13.5. The minimum atomic E-state index is -0.107. The van der Waals surface area contributed by atoms with Gasteiger partial charge in [-0.05, 0) is 37.6 Å². The third-order valence-electron chi connectivity index (χ3n) is 4.76. The van der Waals surface area contributed by atoms with Crippen LogP contribution in [0.25, 0.3) is 22.5 Å². The summed E-state index contributed by atoms with van der Waals surface area (Å²) >= 11 is 0. The highest BCUT2D eigenvalue weighted by atomic mass is 16.4. The molecule has 0 aliphatic heterocycles. The van der Waals surface area contributed by atoms with Crippen molar-refractivity contribution in [2.75, 3.05) is 5.32 Å². The Morgan fingerprint density at radius 1 is 1.11 bits per heavy atom. The highest BCUT2D eigenvalue weighted by molar-refractivity contribution is 5.94. The second-order valence-corrected chi connectivity index (χ2v) is 6.90. The fourth-order valence-corrected chi connectivity index (χ4v) is 3.35. The van der Waals surface area contributed by atoms with Gasteiger partial charge in [0.05, 0.1) is 0 Å². The van der Waals surface area contributed by atoms with E-state index in [0.29, 0.717) is 18.2 Å². The lowest BCUT2D eigenvalue weighted by molar-refractivity contribution is -0.116. The van der Waals surface area contributed by atoms with Gasteiger partial charge >= 0.3 is 0 Å². The zero-order valence-electron chi connectivity index (χ0n) is 16.2. The zero-order chi connectivity index (χ0) is 19.7. The van der Waals surface area contributed by atoms with Gasteiger partial charge in [-0.3, -0.25) is 4.79 Å². The summed E-state index contributed by atoms with van der Waals surface area (Å²) in [6, 6.07) is 15.9. The minimum absolute atomic E-state index is 0.107. The highest BCUT2D eigenvalue weighted by Gasteiger charge is 2.18. The van der Waals surface area contributed by atoms with Gasteiger partial charge in [-0.1, -0.05) is 42.8 Å². The molecular formula is C22H22N4O2. The molecule has 0 saturated carbocycles. The van der Waals surface area contributed by atoms with Crippen molar-refractivity contribution in [1.82, 2.24) is 14.8 Å².